The van der Waals surface area contributed by atoms with Crippen molar-refractivity contribution in [1.82, 2.24) is 9.97 Å². The molecular weight excluding hydrogens is 298 g/mol. The van der Waals surface area contributed by atoms with Crippen molar-refractivity contribution in [1.29, 1.82) is 0 Å². The minimum absolute atomic E-state index is 0.292. The van der Waals surface area contributed by atoms with Gasteiger partial charge in [0.2, 0.25) is 5.28 Å². The van der Waals surface area contributed by atoms with Crippen LogP contribution in [0.5, 0.6) is 0 Å². The number of hydrogen-bond acceptors (Lipinski definition) is 5. The molecular formula is C13H12ClN3S2. The number of thiophene rings is 2. The van der Waals surface area contributed by atoms with Gasteiger partial charge in [0.25, 0.3) is 0 Å². The summed E-state index contributed by atoms with van der Waals surface area (Å²) in [7, 11) is 0. The third kappa shape index (κ3) is 2.88. The van der Waals surface area contributed by atoms with E-state index in [0.717, 1.165) is 22.5 Å². The molecule has 0 saturated carbocycles. The maximum Gasteiger partial charge on any atom is 0.225 e. The van der Waals surface area contributed by atoms with Crippen molar-refractivity contribution >= 4 is 50.3 Å². The van der Waals surface area contributed by atoms with Crippen molar-refractivity contribution in [3.63, 3.8) is 0 Å². The molecule has 0 aliphatic rings. The second-order valence-corrected chi connectivity index (χ2v) is 6.57. The summed E-state index contributed by atoms with van der Waals surface area (Å²) in [5.74, 6) is 0.820. The predicted octanol–water partition coefficient (Wildman–Crippen LogP) is 4.45. The van der Waals surface area contributed by atoms with Crippen LogP contribution in [-0.4, -0.2) is 16.0 Å². The Kier molecular flexibility index (Phi) is 3.68. The number of fused-ring (bicyclic) bond motifs is 1. The lowest BCUT2D eigenvalue weighted by atomic mass is 10.2. The van der Waals surface area contributed by atoms with Gasteiger partial charge >= 0.3 is 0 Å². The lowest BCUT2D eigenvalue weighted by molar-refractivity contribution is 0.796. The van der Waals surface area contributed by atoms with Gasteiger partial charge < -0.3 is 5.32 Å². The second-order valence-electron chi connectivity index (χ2n) is 4.31. The molecule has 3 rings (SSSR count). The highest BCUT2D eigenvalue weighted by atomic mass is 35.5. The fourth-order valence-corrected chi connectivity index (χ4v) is 3.77. The molecule has 1 atom stereocenters. The van der Waals surface area contributed by atoms with E-state index in [2.05, 4.69) is 39.7 Å². The number of hydrogen-bond donors (Lipinski definition) is 1. The third-order valence-electron chi connectivity index (χ3n) is 2.77. The molecule has 0 fully saturated rings. The third-order valence-corrected chi connectivity index (χ3v) is 4.64. The monoisotopic (exact) mass is 309 g/mol. The molecule has 0 saturated heterocycles. The summed E-state index contributed by atoms with van der Waals surface area (Å²) in [6.45, 7) is 2.15. The largest absolute Gasteiger partial charge is 0.367 e. The van der Waals surface area contributed by atoms with Crippen LogP contribution in [-0.2, 0) is 6.42 Å². The highest BCUT2D eigenvalue weighted by Gasteiger charge is 2.11. The number of rotatable bonds is 4. The normalized spacial score (nSPS) is 12.7. The Bertz CT molecular complexity index is 678. The molecule has 6 heteroatoms. The quantitative estimate of drug-likeness (QED) is 0.724. The summed E-state index contributed by atoms with van der Waals surface area (Å²) in [5.41, 5.74) is 0. The fourth-order valence-electron chi connectivity index (χ4n) is 1.95. The van der Waals surface area contributed by atoms with Crippen LogP contribution in [0.4, 0.5) is 5.82 Å². The summed E-state index contributed by atoms with van der Waals surface area (Å²) >= 11 is 9.30. The van der Waals surface area contributed by atoms with Crippen molar-refractivity contribution in [3.05, 3.63) is 39.1 Å². The van der Waals surface area contributed by atoms with Gasteiger partial charge in [-0.15, -0.1) is 22.7 Å². The molecule has 0 radical (unpaired) electrons. The van der Waals surface area contributed by atoms with Crippen LogP contribution in [0.25, 0.3) is 10.2 Å². The van der Waals surface area contributed by atoms with E-state index in [-0.39, 0.29) is 0 Å². The van der Waals surface area contributed by atoms with Gasteiger partial charge in [0.1, 0.15) is 10.6 Å². The zero-order valence-electron chi connectivity index (χ0n) is 10.3. The molecule has 1 N–H and O–H groups in total. The Balaban J connectivity index is 1.82. The molecule has 98 valence electrons. The zero-order valence-corrected chi connectivity index (χ0v) is 12.6. The molecule has 0 spiro atoms. The van der Waals surface area contributed by atoms with Crippen LogP contribution >= 0.6 is 34.3 Å². The van der Waals surface area contributed by atoms with Gasteiger partial charge in [0, 0.05) is 17.3 Å². The van der Waals surface area contributed by atoms with E-state index < -0.39 is 0 Å². The summed E-state index contributed by atoms with van der Waals surface area (Å²) in [6.07, 6.45) is 0.977. The Morgan fingerprint density at radius 2 is 2.16 bits per heavy atom. The molecule has 3 heterocycles. The Labute approximate surface area is 124 Å². The lowest BCUT2D eigenvalue weighted by Crippen LogP contribution is -2.18. The summed E-state index contributed by atoms with van der Waals surface area (Å²) in [5, 5.41) is 8.86. The Hall–Kier alpha value is -1.17. The first-order chi connectivity index (χ1) is 9.22. The van der Waals surface area contributed by atoms with Crippen LogP contribution in [0.2, 0.25) is 5.28 Å². The van der Waals surface area contributed by atoms with Gasteiger partial charge in [-0.3, -0.25) is 0 Å². The van der Waals surface area contributed by atoms with E-state index in [1.807, 2.05) is 11.4 Å². The molecule has 0 amide bonds. The first kappa shape index (κ1) is 12.8. The van der Waals surface area contributed by atoms with Gasteiger partial charge in [0.05, 0.1) is 5.39 Å². The van der Waals surface area contributed by atoms with Gasteiger partial charge in [-0.1, -0.05) is 6.07 Å². The SMILES string of the molecule is CC(Cc1cccs1)Nc1nc(Cl)nc2sccc12. The highest BCUT2D eigenvalue weighted by Crippen LogP contribution is 2.27. The van der Waals surface area contributed by atoms with Gasteiger partial charge in [-0.25, -0.2) is 9.97 Å². The topological polar surface area (TPSA) is 37.8 Å². The average molecular weight is 310 g/mol. The molecule has 1 unspecified atom stereocenters. The first-order valence-electron chi connectivity index (χ1n) is 5.92. The van der Waals surface area contributed by atoms with Crippen molar-refractivity contribution in [2.45, 2.75) is 19.4 Å². The summed E-state index contributed by atoms with van der Waals surface area (Å²) in [6, 6.07) is 6.55. The van der Waals surface area contributed by atoms with Crippen molar-refractivity contribution in [2.24, 2.45) is 0 Å². The second kappa shape index (κ2) is 5.45. The minimum Gasteiger partial charge on any atom is -0.367 e. The van der Waals surface area contributed by atoms with Crippen LogP contribution < -0.4 is 5.32 Å². The molecule has 3 aromatic rings. The summed E-state index contributed by atoms with van der Waals surface area (Å²) in [4.78, 5) is 10.8. The van der Waals surface area contributed by atoms with E-state index in [1.165, 1.54) is 4.88 Å². The Morgan fingerprint density at radius 1 is 1.26 bits per heavy atom. The van der Waals surface area contributed by atoms with E-state index in [9.17, 15) is 0 Å². The predicted molar refractivity (Wildman–Crippen MR) is 83.5 cm³/mol. The molecule has 3 aromatic heterocycles. The van der Waals surface area contributed by atoms with Gasteiger partial charge in [-0.2, -0.15) is 0 Å². The zero-order chi connectivity index (χ0) is 13.2. The number of nitrogens with one attached hydrogen (secondary N) is 1. The number of aromatic nitrogens is 2. The maximum absolute atomic E-state index is 5.95. The number of anilines is 1. The van der Waals surface area contributed by atoms with Crippen LogP contribution in [0.15, 0.2) is 29.0 Å². The van der Waals surface area contributed by atoms with Gasteiger partial charge in [0.15, 0.2) is 0 Å². The van der Waals surface area contributed by atoms with Crippen molar-refractivity contribution in [3.8, 4) is 0 Å². The maximum atomic E-state index is 5.95. The molecule has 0 aliphatic carbocycles. The van der Waals surface area contributed by atoms with E-state index in [0.29, 0.717) is 11.3 Å². The first-order valence-corrected chi connectivity index (χ1v) is 8.06. The van der Waals surface area contributed by atoms with E-state index in [4.69, 9.17) is 11.6 Å². The van der Waals surface area contributed by atoms with Crippen molar-refractivity contribution < 1.29 is 0 Å². The van der Waals surface area contributed by atoms with E-state index in [1.54, 1.807) is 22.7 Å². The standard InChI is InChI=1S/C13H12ClN3S2/c1-8(7-9-3-2-5-18-9)15-11-10-4-6-19-12(10)17-13(14)16-11/h2-6,8H,7H2,1H3,(H,15,16,17). The highest BCUT2D eigenvalue weighted by molar-refractivity contribution is 7.16. The van der Waals surface area contributed by atoms with Crippen LogP contribution in [0.1, 0.15) is 11.8 Å². The average Bonchev–Trinajstić information content (AvgIpc) is 2.99. The van der Waals surface area contributed by atoms with Crippen LogP contribution in [0, 0.1) is 0 Å². The van der Waals surface area contributed by atoms with E-state index >= 15 is 0 Å². The summed E-state index contributed by atoms with van der Waals surface area (Å²) < 4.78 is 0. The Morgan fingerprint density at radius 3 is 2.95 bits per heavy atom. The fraction of sp³-hybridized carbons (Fsp3) is 0.231. The molecule has 3 nitrogen and oxygen atoms in total. The smallest absolute Gasteiger partial charge is 0.225 e. The molecule has 0 bridgehead atoms. The molecule has 0 aliphatic heterocycles. The van der Waals surface area contributed by atoms with Crippen LogP contribution in [0.3, 0.4) is 0 Å². The molecule has 0 aromatic carbocycles. The minimum atomic E-state index is 0.292. The molecule has 19 heavy (non-hydrogen) atoms. The lowest BCUT2D eigenvalue weighted by Gasteiger charge is -2.14. The number of nitrogens with zero attached hydrogens (tertiary/aromatic N) is 2. The van der Waals surface area contributed by atoms with Gasteiger partial charge in [-0.05, 0) is 41.4 Å². The number of halogens is 1. The van der Waals surface area contributed by atoms with Crippen molar-refractivity contribution in [2.75, 3.05) is 5.32 Å².